The molecule has 2 aromatic carbocycles. The van der Waals surface area contributed by atoms with E-state index in [9.17, 15) is 13.2 Å². The Morgan fingerprint density at radius 3 is 2.48 bits per heavy atom. The average molecular weight is 416 g/mol. The number of sulfonamides is 1. The molecular formula is C21H24N2O5S. The fourth-order valence-corrected chi connectivity index (χ4v) is 4.76. The normalized spacial score (nSPS) is 22.5. The predicted octanol–water partition coefficient (Wildman–Crippen LogP) is 2.63. The molecule has 7 nitrogen and oxygen atoms in total. The number of hydrogen-bond donors (Lipinski definition) is 1. The van der Waals surface area contributed by atoms with Crippen LogP contribution in [0.5, 0.6) is 11.5 Å². The van der Waals surface area contributed by atoms with Gasteiger partial charge in [-0.1, -0.05) is 30.3 Å². The van der Waals surface area contributed by atoms with Gasteiger partial charge in [0, 0.05) is 12.0 Å². The number of ether oxygens (including phenoxy) is 2. The van der Waals surface area contributed by atoms with Crippen LogP contribution in [0.1, 0.15) is 31.9 Å². The third-order valence-electron chi connectivity index (χ3n) is 5.12. The summed E-state index contributed by atoms with van der Waals surface area (Å²) in [5, 5.41) is 3.04. The molecule has 2 heterocycles. The van der Waals surface area contributed by atoms with Crippen LogP contribution in [-0.2, 0) is 14.8 Å². The molecule has 0 aliphatic carbocycles. The van der Waals surface area contributed by atoms with Gasteiger partial charge in [-0.05, 0) is 32.0 Å². The molecule has 8 heteroatoms. The molecule has 0 saturated heterocycles. The zero-order valence-electron chi connectivity index (χ0n) is 16.6. The topological polar surface area (TPSA) is 84.9 Å². The maximum absolute atomic E-state index is 13.1. The Kier molecular flexibility index (Phi) is 4.69. The third kappa shape index (κ3) is 3.89. The molecule has 2 aliphatic heterocycles. The molecular weight excluding hydrogens is 392 g/mol. The van der Waals surface area contributed by atoms with E-state index >= 15 is 0 Å². The summed E-state index contributed by atoms with van der Waals surface area (Å²) in [6.45, 7) is 3.87. The molecule has 1 amide bonds. The Labute approximate surface area is 170 Å². The molecule has 154 valence electrons. The van der Waals surface area contributed by atoms with E-state index in [1.807, 2.05) is 38.1 Å². The van der Waals surface area contributed by atoms with Crippen LogP contribution in [0.15, 0.2) is 48.5 Å². The van der Waals surface area contributed by atoms with E-state index < -0.39 is 21.7 Å². The number of nitrogens with zero attached hydrogens (tertiary/aromatic N) is 1. The fourth-order valence-electron chi connectivity index (χ4n) is 3.85. The Bertz CT molecular complexity index is 1050. The van der Waals surface area contributed by atoms with Gasteiger partial charge in [0.2, 0.25) is 10.0 Å². The second-order valence-electron chi connectivity index (χ2n) is 8.03. The van der Waals surface area contributed by atoms with Gasteiger partial charge in [-0.2, -0.15) is 0 Å². The maximum Gasteiger partial charge on any atom is 0.263 e. The van der Waals surface area contributed by atoms with Crippen molar-refractivity contribution in [3.05, 3.63) is 54.1 Å². The summed E-state index contributed by atoms with van der Waals surface area (Å²) in [4.78, 5) is 13.1. The first-order valence-corrected chi connectivity index (χ1v) is 11.3. The molecule has 2 aliphatic rings. The first-order valence-electron chi connectivity index (χ1n) is 9.46. The second-order valence-corrected chi connectivity index (χ2v) is 9.94. The van der Waals surface area contributed by atoms with Crippen molar-refractivity contribution in [2.24, 2.45) is 0 Å². The lowest BCUT2D eigenvalue weighted by molar-refractivity contribution is -0.129. The molecule has 1 N–H and O–H groups in total. The largest absolute Gasteiger partial charge is 0.487 e. The summed E-state index contributed by atoms with van der Waals surface area (Å²) < 4.78 is 37.6. The lowest BCUT2D eigenvalue weighted by Gasteiger charge is -2.39. The van der Waals surface area contributed by atoms with Gasteiger partial charge in [0.25, 0.3) is 5.91 Å². The van der Waals surface area contributed by atoms with Crippen molar-refractivity contribution in [3.63, 3.8) is 0 Å². The highest BCUT2D eigenvalue weighted by Crippen LogP contribution is 2.40. The molecule has 0 aromatic heterocycles. The SMILES string of the molecule is CC1(C)C[C@H](NC(=O)[C@H]2CN(S(C)(=O)=O)c3ccccc3O2)c2ccccc2O1. The summed E-state index contributed by atoms with van der Waals surface area (Å²) >= 11 is 0. The highest BCUT2D eigenvalue weighted by atomic mass is 32.2. The van der Waals surface area contributed by atoms with Crippen molar-refractivity contribution >= 4 is 21.6 Å². The monoisotopic (exact) mass is 416 g/mol. The summed E-state index contributed by atoms with van der Waals surface area (Å²) in [6.07, 6.45) is 0.772. The van der Waals surface area contributed by atoms with E-state index in [0.717, 1.165) is 17.6 Å². The molecule has 29 heavy (non-hydrogen) atoms. The van der Waals surface area contributed by atoms with E-state index in [2.05, 4.69) is 5.32 Å². The van der Waals surface area contributed by atoms with Gasteiger partial charge >= 0.3 is 0 Å². The molecule has 0 spiro atoms. The van der Waals surface area contributed by atoms with Crippen molar-refractivity contribution < 1.29 is 22.7 Å². The number of hydrogen-bond acceptors (Lipinski definition) is 5. The standard InChI is InChI=1S/C21H24N2O5S/c1-21(2)12-15(14-8-4-6-10-17(14)28-21)22-20(24)19-13-23(29(3,25)26)16-9-5-7-11-18(16)27-19/h4-11,15,19H,12-13H2,1-3H3,(H,22,24)/t15-,19+/m0/s1. The van der Waals surface area contributed by atoms with Crippen LogP contribution in [-0.4, -0.2) is 38.8 Å². The molecule has 0 bridgehead atoms. The number of amides is 1. The summed E-state index contributed by atoms with van der Waals surface area (Å²) in [6, 6.07) is 14.2. The third-order valence-corrected chi connectivity index (χ3v) is 6.27. The number of carbonyl (C=O) groups is 1. The van der Waals surface area contributed by atoms with E-state index in [1.165, 1.54) is 4.31 Å². The zero-order chi connectivity index (χ0) is 20.8. The van der Waals surface area contributed by atoms with Gasteiger partial charge in [0.05, 0.1) is 24.5 Å². The van der Waals surface area contributed by atoms with E-state index in [1.54, 1.807) is 24.3 Å². The Hall–Kier alpha value is -2.74. The van der Waals surface area contributed by atoms with Gasteiger partial charge in [-0.25, -0.2) is 8.42 Å². The maximum atomic E-state index is 13.1. The molecule has 2 aromatic rings. The van der Waals surface area contributed by atoms with Crippen molar-refractivity contribution in [1.82, 2.24) is 5.32 Å². The fraction of sp³-hybridized carbons (Fsp3) is 0.381. The quantitative estimate of drug-likeness (QED) is 0.832. The summed E-state index contributed by atoms with van der Waals surface area (Å²) in [7, 11) is -3.55. The van der Waals surface area contributed by atoms with Crippen LogP contribution >= 0.6 is 0 Å². The zero-order valence-corrected chi connectivity index (χ0v) is 17.4. The average Bonchev–Trinajstić information content (AvgIpc) is 2.65. The summed E-state index contributed by atoms with van der Waals surface area (Å²) in [5.41, 5.74) is 0.901. The summed E-state index contributed by atoms with van der Waals surface area (Å²) in [5.74, 6) is 0.754. The minimum atomic E-state index is -3.55. The van der Waals surface area contributed by atoms with Gasteiger partial charge in [0.1, 0.15) is 17.1 Å². The van der Waals surface area contributed by atoms with Gasteiger partial charge in [0.15, 0.2) is 6.10 Å². The number of nitrogens with one attached hydrogen (secondary N) is 1. The van der Waals surface area contributed by atoms with Crippen LogP contribution < -0.4 is 19.1 Å². The first-order chi connectivity index (χ1) is 13.6. The molecule has 4 rings (SSSR count). The van der Waals surface area contributed by atoms with Gasteiger partial charge in [-0.15, -0.1) is 0 Å². The van der Waals surface area contributed by atoms with Crippen LogP contribution in [0.4, 0.5) is 5.69 Å². The first kappa shape index (κ1) is 19.6. The van der Waals surface area contributed by atoms with Gasteiger partial charge in [-0.3, -0.25) is 9.10 Å². The molecule has 0 saturated carbocycles. The Balaban J connectivity index is 1.60. The Morgan fingerprint density at radius 1 is 1.10 bits per heavy atom. The number of fused-ring (bicyclic) bond motifs is 2. The smallest absolute Gasteiger partial charge is 0.263 e. The number of anilines is 1. The van der Waals surface area contributed by atoms with Crippen LogP contribution in [0.25, 0.3) is 0 Å². The second kappa shape index (κ2) is 6.95. The van der Waals surface area contributed by atoms with E-state index in [-0.39, 0.29) is 18.5 Å². The lowest BCUT2D eigenvalue weighted by atomic mass is 9.89. The minimum absolute atomic E-state index is 0.0735. The highest BCUT2D eigenvalue weighted by Gasteiger charge is 2.38. The van der Waals surface area contributed by atoms with Gasteiger partial charge < -0.3 is 14.8 Å². The molecule has 0 unspecified atom stereocenters. The van der Waals surface area contributed by atoms with Crippen LogP contribution in [0.2, 0.25) is 0 Å². The highest BCUT2D eigenvalue weighted by molar-refractivity contribution is 7.92. The Morgan fingerprint density at radius 2 is 1.76 bits per heavy atom. The van der Waals surface area contributed by atoms with Crippen molar-refractivity contribution in [2.75, 3.05) is 17.1 Å². The molecule has 0 radical (unpaired) electrons. The molecule has 0 fully saturated rings. The van der Waals surface area contributed by atoms with E-state index in [4.69, 9.17) is 9.47 Å². The lowest BCUT2D eigenvalue weighted by Crippen LogP contribution is -2.52. The van der Waals surface area contributed by atoms with Crippen LogP contribution in [0.3, 0.4) is 0 Å². The van der Waals surface area contributed by atoms with Crippen LogP contribution in [0, 0.1) is 0 Å². The number of para-hydroxylation sites is 3. The number of carbonyl (C=O) groups excluding carboxylic acids is 1. The number of rotatable bonds is 3. The molecule has 2 atom stereocenters. The minimum Gasteiger partial charge on any atom is -0.487 e. The van der Waals surface area contributed by atoms with Crippen molar-refractivity contribution in [1.29, 1.82) is 0 Å². The van der Waals surface area contributed by atoms with Crippen molar-refractivity contribution in [2.45, 2.75) is 38.0 Å². The van der Waals surface area contributed by atoms with E-state index in [0.29, 0.717) is 17.9 Å². The van der Waals surface area contributed by atoms with Crippen molar-refractivity contribution in [3.8, 4) is 11.5 Å². The predicted molar refractivity (Wildman–Crippen MR) is 110 cm³/mol. The number of benzene rings is 2.